The Balaban J connectivity index is 1.86. The molecule has 0 fully saturated rings. The summed E-state index contributed by atoms with van der Waals surface area (Å²) >= 11 is 6.03. The first kappa shape index (κ1) is 17.3. The molecule has 0 radical (unpaired) electrons. The minimum atomic E-state index is -0.405. The molecule has 4 aromatic rings. The van der Waals surface area contributed by atoms with Crippen LogP contribution in [0.2, 0.25) is 5.02 Å². The van der Waals surface area contributed by atoms with Crippen molar-refractivity contribution in [3.05, 3.63) is 97.9 Å². The summed E-state index contributed by atoms with van der Waals surface area (Å²) < 4.78 is 4.40. The second-order valence-electron chi connectivity index (χ2n) is 6.39. The Bertz CT molecular complexity index is 1240. The predicted octanol–water partition coefficient (Wildman–Crippen LogP) is 2.65. The van der Waals surface area contributed by atoms with Crippen LogP contribution in [0.4, 0.5) is 0 Å². The van der Waals surface area contributed by atoms with Crippen molar-refractivity contribution < 1.29 is 0 Å². The molecule has 6 nitrogen and oxygen atoms in total. The first-order chi connectivity index (χ1) is 13.0. The minimum Gasteiger partial charge on any atom is -0.320 e. The standard InChI is InChI=1S/C20H17ClN4O2/c1-23-18-17(24(13-22-18)11-14-6-3-2-4-7-14)19(26)25(20(23)27)12-15-8-5-9-16(21)10-15/h2-10,13H,11-12H2,1H3. The van der Waals surface area contributed by atoms with Crippen molar-refractivity contribution in [2.75, 3.05) is 0 Å². The molecule has 0 unspecified atom stereocenters. The number of imidazole rings is 1. The Morgan fingerprint density at radius 2 is 1.70 bits per heavy atom. The Hall–Kier alpha value is -3.12. The fraction of sp³-hybridized carbons (Fsp3) is 0.150. The lowest BCUT2D eigenvalue weighted by Gasteiger charge is -2.10. The third-order valence-electron chi connectivity index (χ3n) is 4.53. The topological polar surface area (TPSA) is 61.8 Å². The SMILES string of the molecule is Cn1c(=O)n(Cc2cccc(Cl)c2)c(=O)c2c1ncn2Cc1ccccc1. The molecule has 0 aliphatic carbocycles. The van der Waals surface area contributed by atoms with Crippen LogP contribution in [0.25, 0.3) is 11.2 Å². The van der Waals surface area contributed by atoms with E-state index in [1.165, 1.54) is 9.13 Å². The van der Waals surface area contributed by atoms with Gasteiger partial charge in [0, 0.05) is 18.6 Å². The number of hydrogen-bond donors (Lipinski definition) is 0. The van der Waals surface area contributed by atoms with E-state index in [0.717, 1.165) is 11.1 Å². The molecular formula is C20H17ClN4O2. The van der Waals surface area contributed by atoms with Crippen LogP contribution in [0.5, 0.6) is 0 Å². The number of benzene rings is 2. The van der Waals surface area contributed by atoms with Gasteiger partial charge in [0.15, 0.2) is 11.2 Å². The summed E-state index contributed by atoms with van der Waals surface area (Å²) in [5, 5.41) is 0.563. The molecule has 0 bridgehead atoms. The Kier molecular flexibility index (Phi) is 4.41. The molecule has 0 aliphatic rings. The molecule has 2 aromatic carbocycles. The van der Waals surface area contributed by atoms with Crippen molar-refractivity contribution in [3.8, 4) is 0 Å². The van der Waals surface area contributed by atoms with Gasteiger partial charge in [-0.3, -0.25) is 13.9 Å². The van der Waals surface area contributed by atoms with E-state index < -0.39 is 5.69 Å². The maximum Gasteiger partial charge on any atom is 0.332 e. The molecule has 4 rings (SSSR count). The Morgan fingerprint density at radius 1 is 0.963 bits per heavy atom. The maximum atomic E-state index is 13.1. The molecule has 2 aromatic heterocycles. The van der Waals surface area contributed by atoms with Crippen LogP contribution in [0.15, 0.2) is 70.5 Å². The van der Waals surface area contributed by atoms with E-state index in [0.29, 0.717) is 22.7 Å². The highest BCUT2D eigenvalue weighted by molar-refractivity contribution is 6.30. The zero-order valence-corrected chi connectivity index (χ0v) is 15.4. The van der Waals surface area contributed by atoms with Gasteiger partial charge >= 0.3 is 5.69 Å². The summed E-state index contributed by atoms with van der Waals surface area (Å²) in [5.41, 5.74) is 1.85. The van der Waals surface area contributed by atoms with Crippen LogP contribution in [0.3, 0.4) is 0 Å². The second kappa shape index (κ2) is 6.89. The summed E-state index contributed by atoms with van der Waals surface area (Å²) in [4.78, 5) is 30.1. The molecule has 2 heterocycles. The lowest BCUT2D eigenvalue weighted by molar-refractivity contribution is 0.653. The number of aromatic nitrogens is 4. The third-order valence-corrected chi connectivity index (χ3v) is 4.76. The van der Waals surface area contributed by atoms with Crippen LogP contribution in [0.1, 0.15) is 11.1 Å². The van der Waals surface area contributed by atoms with Gasteiger partial charge < -0.3 is 4.57 Å². The lowest BCUT2D eigenvalue weighted by Crippen LogP contribution is -2.40. The molecular weight excluding hydrogens is 364 g/mol. The van der Waals surface area contributed by atoms with E-state index in [9.17, 15) is 9.59 Å². The minimum absolute atomic E-state index is 0.151. The number of rotatable bonds is 4. The number of hydrogen-bond acceptors (Lipinski definition) is 3. The highest BCUT2D eigenvalue weighted by atomic mass is 35.5. The van der Waals surface area contributed by atoms with Crippen LogP contribution in [-0.4, -0.2) is 18.7 Å². The quantitative estimate of drug-likeness (QED) is 0.547. The van der Waals surface area contributed by atoms with Gasteiger partial charge in [-0.05, 0) is 23.3 Å². The van der Waals surface area contributed by atoms with Crippen LogP contribution < -0.4 is 11.2 Å². The summed E-state index contributed by atoms with van der Waals surface area (Å²) in [6.07, 6.45) is 1.60. The molecule has 0 amide bonds. The van der Waals surface area contributed by atoms with Crippen molar-refractivity contribution in [3.63, 3.8) is 0 Å². The van der Waals surface area contributed by atoms with Gasteiger partial charge in [0.2, 0.25) is 0 Å². The number of aryl methyl sites for hydroxylation is 1. The van der Waals surface area contributed by atoms with Crippen molar-refractivity contribution in [2.45, 2.75) is 13.1 Å². The number of nitrogens with zero attached hydrogens (tertiary/aromatic N) is 4. The van der Waals surface area contributed by atoms with Gasteiger partial charge in [0.05, 0.1) is 12.9 Å². The smallest absolute Gasteiger partial charge is 0.320 e. The van der Waals surface area contributed by atoms with E-state index >= 15 is 0 Å². The normalized spacial score (nSPS) is 11.2. The molecule has 27 heavy (non-hydrogen) atoms. The van der Waals surface area contributed by atoms with E-state index in [1.54, 1.807) is 36.1 Å². The average molecular weight is 381 g/mol. The molecule has 0 atom stereocenters. The first-order valence-electron chi connectivity index (χ1n) is 8.47. The molecule has 0 spiro atoms. The summed E-state index contributed by atoms with van der Waals surface area (Å²) in [7, 11) is 1.62. The zero-order chi connectivity index (χ0) is 19.0. The van der Waals surface area contributed by atoms with Gasteiger partial charge in [-0.15, -0.1) is 0 Å². The van der Waals surface area contributed by atoms with E-state index in [1.807, 2.05) is 36.4 Å². The van der Waals surface area contributed by atoms with Crippen LogP contribution >= 0.6 is 11.6 Å². The molecule has 0 saturated carbocycles. The molecule has 0 N–H and O–H groups in total. The van der Waals surface area contributed by atoms with E-state index in [2.05, 4.69) is 4.98 Å². The van der Waals surface area contributed by atoms with Crippen LogP contribution in [0, 0.1) is 0 Å². The Morgan fingerprint density at radius 3 is 2.44 bits per heavy atom. The molecule has 0 saturated heterocycles. The third kappa shape index (κ3) is 3.19. The van der Waals surface area contributed by atoms with Crippen molar-refractivity contribution >= 4 is 22.8 Å². The highest BCUT2D eigenvalue weighted by Gasteiger charge is 2.16. The lowest BCUT2D eigenvalue weighted by atomic mass is 10.2. The molecule has 7 heteroatoms. The monoisotopic (exact) mass is 380 g/mol. The van der Waals surface area contributed by atoms with Crippen molar-refractivity contribution in [1.29, 1.82) is 0 Å². The highest BCUT2D eigenvalue weighted by Crippen LogP contribution is 2.12. The van der Waals surface area contributed by atoms with Gasteiger partial charge in [-0.2, -0.15) is 0 Å². The van der Waals surface area contributed by atoms with E-state index in [-0.39, 0.29) is 12.1 Å². The van der Waals surface area contributed by atoms with E-state index in [4.69, 9.17) is 11.6 Å². The summed E-state index contributed by atoms with van der Waals surface area (Å²) in [5.74, 6) is 0. The fourth-order valence-corrected chi connectivity index (χ4v) is 3.39. The first-order valence-corrected chi connectivity index (χ1v) is 8.85. The largest absolute Gasteiger partial charge is 0.332 e. The number of halogens is 1. The zero-order valence-electron chi connectivity index (χ0n) is 14.7. The number of fused-ring (bicyclic) bond motifs is 1. The predicted molar refractivity (Wildman–Crippen MR) is 105 cm³/mol. The summed E-state index contributed by atoms with van der Waals surface area (Å²) in [6.45, 7) is 0.653. The van der Waals surface area contributed by atoms with Crippen molar-refractivity contribution in [2.24, 2.45) is 7.05 Å². The summed E-state index contributed by atoms with van der Waals surface area (Å²) in [6, 6.07) is 16.9. The van der Waals surface area contributed by atoms with Crippen LogP contribution in [-0.2, 0) is 20.1 Å². The van der Waals surface area contributed by atoms with Crippen molar-refractivity contribution in [1.82, 2.24) is 18.7 Å². The van der Waals surface area contributed by atoms with Gasteiger partial charge in [0.25, 0.3) is 5.56 Å². The Labute approximate surface area is 159 Å². The molecule has 136 valence electrons. The van der Waals surface area contributed by atoms with Gasteiger partial charge in [-0.25, -0.2) is 9.78 Å². The average Bonchev–Trinajstić information content (AvgIpc) is 3.08. The molecule has 0 aliphatic heterocycles. The fourth-order valence-electron chi connectivity index (χ4n) is 3.18. The van der Waals surface area contributed by atoms with Gasteiger partial charge in [-0.1, -0.05) is 54.1 Å². The van der Waals surface area contributed by atoms with Gasteiger partial charge in [0.1, 0.15) is 0 Å². The maximum absolute atomic E-state index is 13.1. The second-order valence-corrected chi connectivity index (χ2v) is 6.83.